The largest absolute Gasteiger partial charge is 0.351 e. The average Bonchev–Trinajstić information content (AvgIpc) is 2.46. The standard InChI is InChI=1S/C14H27N3O3S/c1-21(19,20)15-10-14(18)16-12-6-5-9-17(11-12)13-7-3-2-4-8-13/h12-13,15H,2-11H2,1H3,(H,16,18)/t12-/m1/s1. The number of rotatable bonds is 5. The number of likely N-dealkylation sites (tertiary alicyclic amines) is 1. The second kappa shape index (κ2) is 7.56. The smallest absolute Gasteiger partial charge is 0.235 e. The van der Waals surface area contributed by atoms with Gasteiger partial charge in [-0.15, -0.1) is 0 Å². The van der Waals surface area contributed by atoms with Gasteiger partial charge in [-0.1, -0.05) is 19.3 Å². The van der Waals surface area contributed by atoms with Crippen LogP contribution in [-0.2, 0) is 14.8 Å². The van der Waals surface area contributed by atoms with Gasteiger partial charge in [0.15, 0.2) is 0 Å². The number of nitrogens with zero attached hydrogens (tertiary/aromatic N) is 1. The number of carbonyl (C=O) groups is 1. The Bertz CT molecular complexity index is 446. The van der Waals surface area contributed by atoms with Crippen LogP contribution < -0.4 is 10.0 Å². The molecule has 0 radical (unpaired) electrons. The van der Waals surface area contributed by atoms with E-state index in [1.54, 1.807) is 0 Å². The predicted octanol–water partition coefficient (Wildman–Crippen LogP) is 0.449. The van der Waals surface area contributed by atoms with Crippen molar-refractivity contribution >= 4 is 15.9 Å². The van der Waals surface area contributed by atoms with Crippen molar-refractivity contribution in [3.63, 3.8) is 0 Å². The van der Waals surface area contributed by atoms with E-state index in [0.29, 0.717) is 6.04 Å². The van der Waals surface area contributed by atoms with Crippen molar-refractivity contribution in [1.29, 1.82) is 0 Å². The van der Waals surface area contributed by atoms with E-state index < -0.39 is 10.0 Å². The fourth-order valence-corrected chi connectivity index (χ4v) is 3.77. The molecule has 122 valence electrons. The van der Waals surface area contributed by atoms with Crippen molar-refractivity contribution in [2.24, 2.45) is 0 Å². The van der Waals surface area contributed by atoms with E-state index in [0.717, 1.165) is 32.2 Å². The van der Waals surface area contributed by atoms with Crippen molar-refractivity contribution in [3.8, 4) is 0 Å². The molecule has 0 spiro atoms. The third-order valence-corrected chi connectivity index (χ3v) is 5.07. The fourth-order valence-electron chi connectivity index (χ4n) is 3.38. The summed E-state index contributed by atoms with van der Waals surface area (Å²) in [5, 5.41) is 2.95. The Labute approximate surface area is 127 Å². The van der Waals surface area contributed by atoms with Gasteiger partial charge in [-0.2, -0.15) is 0 Å². The maximum absolute atomic E-state index is 11.8. The predicted molar refractivity (Wildman–Crippen MR) is 82.5 cm³/mol. The van der Waals surface area contributed by atoms with Gasteiger partial charge in [0.2, 0.25) is 15.9 Å². The first-order valence-corrected chi connectivity index (χ1v) is 9.81. The Kier molecular flexibility index (Phi) is 6.01. The van der Waals surface area contributed by atoms with Crippen LogP contribution in [0, 0.1) is 0 Å². The molecule has 1 aliphatic heterocycles. The Morgan fingerprint density at radius 3 is 2.52 bits per heavy atom. The molecule has 0 bridgehead atoms. The molecule has 1 saturated carbocycles. The van der Waals surface area contributed by atoms with Gasteiger partial charge in [0.25, 0.3) is 0 Å². The van der Waals surface area contributed by atoms with Gasteiger partial charge in [0.05, 0.1) is 12.8 Å². The molecule has 0 unspecified atom stereocenters. The van der Waals surface area contributed by atoms with Gasteiger partial charge >= 0.3 is 0 Å². The number of hydrogen-bond acceptors (Lipinski definition) is 4. The van der Waals surface area contributed by atoms with Gasteiger partial charge < -0.3 is 5.32 Å². The average molecular weight is 317 g/mol. The summed E-state index contributed by atoms with van der Waals surface area (Å²) >= 11 is 0. The highest BCUT2D eigenvalue weighted by Gasteiger charge is 2.27. The first-order chi connectivity index (χ1) is 9.94. The van der Waals surface area contributed by atoms with Crippen LogP contribution in [-0.4, -0.2) is 57.2 Å². The van der Waals surface area contributed by atoms with Gasteiger partial charge in [0.1, 0.15) is 0 Å². The van der Waals surface area contributed by atoms with Gasteiger partial charge in [-0.25, -0.2) is 13.1 Å². The van der Waals surface area contributed by atoms with E-state index in [2.05, 4.69) is 14.9 Å². The van der Waals surface area contributed by atoms with Gasteiger partial charge in [-0.05, 0) is 32.2 Å². The summed E-state index contributed by atoms with van der Waals surface area (Å²) in [6, 6.07) is 0.821. The van der Waals surface area contributed by atoms with E-state index in [9.17, 15) is 13.2 Å². The van der Waals surface area contributed by atoms with Crippen molar-refractivity contribution in [2.45, 2.75) is 57.0 Å². The van der Waals surface area contributed by atoms with Crippen molar-refractivity contribution in [1.82, 2.24) is 14.9 Å². The summed E-state index contributed by atoms with van der Waals surface area (Å²) in [7, 11) is -3.31. The van der Waals surface area contributed by atoms with Crippen LogP contribution in [0.3, 0.4) is 0 Å². The van der Waals surface area contributed by atoms with E-state index in [-0.39, 0.29) is 18.5 Å². The topological polar surface area (TPSA) is 78.5 Å². The van der Waals surface area contributed by atoms with Gasteiger partial charge in [-0.3, -0.25) is 9.69 Å². The van der Waals surface area contributed by atoms with Crippen LogP contribution in [0.15, 0.2) is 0 Å². The van der Waals surface area contributed by atoms with Crippen LogP contribution in [0.25, 0.3) is 0 Å². The lowest BCUT2D eigenvalue weighted by Crippen LogP contribution is -2.52. The van der Waals surface area contributed by atoms with Crippen molar-refractivity contribution in [2.75, 3.05) is 25.9 Å². The highest BCUT2D eigenvalue weighted by Crippen LogP contribution is 2.25. The molecule has 1 heterocycles. The minimum absolute atomic E-state index is 0.148. The van der Waals surface area contributed by atoms with Crippen LogP contribution in [0.1, 0.15) is 44.9 Å². The maximum atomic E-state index is 11.8. The Morgan fingerprint density at radius 2 is 1.86 bits per heavy atom. The Morgan fingerprint density at radius 1 is 1.14 bits per heavy atom. The van der Waals surface area contributed by atoms with E-state index in [4.69, 9.17) is 0 Å². The third-order valence-electron chi connectivity index (χ3n) is 4.40. The molecule has 2 aliphatic rings. The molecule has 2 N–H and O–H groups in total. The summed E-state index contributed by atoms with van der Waals surface area (Å²) in [5.41, 5.74) is 0. The SMILES string of the molecule is CS(=O)(=O)NCC(=O)N[C@@H]1CCCN(C2CCCCC2)C1. The molecule has 0 aromatic rings. The molecular weight excluding hydrogens is 290 g/mol. The number of hydrogen-bond donors (Lipinski definition) is 2. The molecular formula is C14H27N3O3S. The summed E-state index contributed by atoms with van der Waals surface area (Å²) in [6.07, 6.45) is 9.67. The van der Waals surface area contributed by atoms with Crippen LogP contribution in [0.2, 0.25) is 0 Å². The molecule has 1 saturated heterocycles. The molecule has 7 heteroatoms. The van der Waals surface area contributed by atoms with Crippen LogP contribution in [0.4, 0.5) is 0 Å². The zero-order chi connectivity index (χ0) is 15.3. The van der Waals surface area contributed by atoms with Crippen molar-refractivity contribution < 1.29 is 13.2 Å². The lowest BCUT2D eigenvalue weighted by molar-refractivity contribution is -0.121. The quantitative estimate of drug-likeness (QED) is 0.772. The second-order valence-electron chi connectivity index (χ2n) is 6.29. The Hall–Kier alpha value is -0.660. The molecule has 21 heavy (non-hydrogen) atoms. The highest BCUT2D eigenvalue weighted by atomic mass is 32.2. The monoisotopic (exact) mass is 317 g/mol. The lowest BCUT2D eigenvalue weighted by atomic mass is 9.92. The summed E-state index contributed by atoms with van der Waals surface area (Å²) < 4.78 is 24.2. The first-order valence-electron chi connectivity index (χ1n) is 7.92. The van der Waals surface area contributed by atoms with E-state index >= 15 is 0 Å². The van der Waals surface area contributed by atoms with Gasteiger partial charge in [0, 0.05) is 18.6 Å². The zero-order valence-electron chi connectivity index (χ0n) is 12.8. The number of amides is 1. The molecule has 0 aromatic carbocycles. The number of piperidine rings is 1. The third kappa shape index (κ3) is 5.92. The molecule has 6 nitrogen and oxygen atoms in total. The maximum Gasteiger partial charge on any atom is 0.235 e. The number of sulfonamides is 1. The van der Waals surface area contributed by atoms with E-state index in [1.807, 2.05) is 0 Å². The molecule has 1 atom stereocenters. The number of carbonyl (C=O) groups excluding carboxylic acids is 1. The van der Waals surface area contributed by atoms with Crippen LogP contribution >= 0.6 is 0 Å². The molecule has 2 fully saturated rings. The molecule has 0 aromatic heterocycles. The van der Waals surface area contributed by atoms with Crippen molar-refractivity contribution in [3.05, 3.63) is 0 Å². The molecule has 2 rings (SSSR count). The summed E-state index contributed by atoms with van der Waals surface area (Å²) in [5.74, 6) is -0.240. The minimum atomic E-state index is -3.31. The minimum Gasteiger partial charge on any atom is -0.351 e. The van der Waals surface area contributed by atoms with Crippen LogP contribution in [0.5, 0.6) is 0 Å². The normalized spacial score (nSPS) is 25.7. The second-order valence-corrected chi connectivity index (χ2v) is 8.12. The highest BCUT2D eigenvalue weighted by molar-refractivity contribution is 7.88. The zero-order valence-corrected chi connectivity index (χ0v) is 13.6. The first kappa shape index (κ1) is 16.7. The molecule has 1 aliphatic carbocycles. The summed E-state index contributed by atoms with van der Waals surface area (Å²) in [6.45, 7) is 1.85. The lowest BCUT2D eigenvalue weighted by Gasteiger charge is -2.40. The van der Waals surface area contributed by atoms with E-state index in [1.165, 1.54) is 32.1 Å². The molecule has 1 amide bonds. The fraction of sp³-hybridized carbons (Fsp3) is 0.929. The number of nitrogens with one attached hydrogen (secondary N) is 2. The Balaban J connectivity index is 1.76. The summed E-state index contributed by atoms with van der Waals surface area (Å²) in [4.78, 5) is 14.3.